The zero-order valence-electron chi connectivity index (χ0n) is 12.9. The number of piperazine rings is 1. The maximum atomic E-state index is 3.66. The summed E-state index contributed by atoms with van der Waals surface area (Å²) in [5, 5.41) is 3.66. The van der Waals surface area contributed by atoms with Gasteiger partial charge in [0.05, 0.1) is 0 Å². The van der Waals surface area contributed by atoms with E-state index in [1.807, 2.05) is 0 Å². The van der Waals surface area contributed by atoms with Gasteiger partial charge in [0, 0.05) is 45.3 Å². The van der Waals surface area contributed by atoms with E-state index in [9.17, 15) is 0 Å². The topological polar surface area (TPSA) is 18.5 Å². The van der Waals surface area contributed by atoms with Crippen molar-refractivity contribution < 1.29 is 0 Å². The predicted octanol–water partition coefficient (Wildman–Crippen LogP) is 2.04. The highest BCUT2D eigenvalue weighted by molar-refractivity contribution is 4.71. The van der Waals surface area contributed by atoms with Crippen molar-refractivity contribution in [2.75, 3.05) is 46.3 Å². The molecule has 1 unspecified atom stereocenters. The van der Waals surface area contributed by atoms with Crippen molar-refractivity contribution in [3.8, 4) is 0 Å². The first-order valence-electron chi connectivity index (χ1n) is 7.72. The Bertz CT molecular complexity index is 198. The minimum Gasteiger partial charge on any atom is -0.313 e. The van der Waals surface area contributed by atoms with Gasteiger partial charge in [0.2, 0.25) is 0 Å². The van der Waals surface area contributed by atoms with Gasteiger partial charge < -0.3 is 10.2 Å². The normalized spacial score (nSPS) is 20.5. The molecule has 108 valence electrons. The lowest BCUT2D eigenvalue weighted by atomic mass is 10.0. The molecule has 1 fully saturated rings. The zero-order chi connectivity index (χ0) is 13.4. The molecule has 3 nitrogen and oxygen atoms in total. The van der Waals surface area contributed by atoms with Crippen molar-refractivity contribution in [2.45, 2.75) is 46.1 Å². The van der Waals surface area contributed by atoms with Crippen LogP contribution in [0, 0.1) is 5.92 Å². The molecular formula is C15H33N3. The molecule has 0 bridgehead atoms. The fraction of sp³-hybridized carbons (Fsp3) is 1.00. The Balaban J connectivity index is 1.96. The quantitative estimate of drug-likeness (QED) is 0.716. The molecule has 18 heavy (non-hydrogen) atoms. The van der Waals surface area contributed by atoms with Crippen molar-refractivity contribution in [1.29, 1.82) is 0 Å². The van der Waals surface area contributed by atoms with E-state index >= 15 is 0 Å². The van der Waals surface area contributed by atoms with Gasteiger partial charge in [0.15, 0.2) is 0 Å². The Morgan fingerprint density at radius 1 is 1.00 bits per heavy atom. The van der Waals surface area contributed by atoms with Crippen molar-refractivity contribution in [2.24, 2.45) is 5.92 Å². The smallest absolute Gasteiger partial charge is 0.0110 e. The lowest BCUT2D eigenvalue weighted by Crippen LogP contribution is -2.47. The average molecular weight is 255 g/mol. The summed E-state index contributed by atoms with van der Waals surface area (Å²) < 4.78 is 0. The molecule has 0 saturated carbocycles. The van der Waals surface area contributed by atoms with Crippen LogP contribution >= 0.6 is 0 Å². The molecule has 0 radical (unpaired) electrons. The first-order chi connectivity index (χ1) is 8.58. The van der Waals surface area contributed by atoms with Crippen LogP contribution in [0.1, 0.15) is 40.0 Å². The van der Waals surface area contributed by atoms with Crippen molar-refractivity contribution >= 4 is 0 Å². The molecule has 0 amide bonds. The fourth-order valence-corrected chi connectivity index (χ4v) is 2.47. The van der Waals surface area contributed by atoms with Crippen LogP contribution in [0.2, 0.25) is 0 Å². The molecule has 1 atom stereocenters. The van der Waals surface area contributed by atoms with Gasteiger partial charge in [-0.25, -0.2) is 0 Å². The molecule has 0 aliphatic carbocycles. The van der Waals surface area contributed by atoms with Gasteiger partial charge >= 0.3 is 0 Å². The average Bonchev–Trinajstić information content (AvgIpc) is 2.31. The molecule has 1 heterocycles. The predicted molar refractivity (Wildman–Crippen MR) is 80.1 cm³/mol. The summed E-state index contributed by atoms with van der Waals surface area (Å²) in [5.74, 6) is 0.850. The number of hydrogen-bond donors (Lipinski definition) is 1. The Labute approximate surface area is 114 Å². The third-order valence-corrected chi connectivity index (χ3v) is 3.94. The summed E-state index contributed by atoms with van der Waals surface area (Å²) in [6.45, 7) is 14.2. The van der Waals surface area contributed by atoms with E-state index in [0.717, 1.165) is 12.5 Å². The van der Waals surface area contributed by atoms with Crippen LogP contribution in [-0.4, -0.2) is 62.2 Å². The molecule has 1 rings (SSSR count). The van der Waals surface area contributed by atoms with Crippen molar-refractivity contribution in [1.82, 2.24) is 15.1 Å². The standard InChI is InChI=1S/C15H33N3/c1-14(2)6-5-7-15(3)16-8-9-18-12-10-17(4)11-13-18/h14-16H,5-13H2,1-4H3. The SMILES string of the molecule is CC(C)CCCC(C)NCCN1CCN(C)CC1. The summed E-state index contributed by atoms with van der Waals surface area (Å²) in [7, 11) is 2.21. The molecule has 1 saturated heterocycles. The Morgan fingerprint density at radius 2 is 1.67 bits per heavy atom. The molecule has 1 aliphatic heterocycles. The molecular weight excluding hydrogens is 222 g/mol. The van der Waals surface area contributed by atoms with Crippen LogP contribution in [-0.2, 0) is 0 Å². The Hall–Kier alpha value is -0.120. The summed E-state index contributed by atoms with van der Waals surface area (Å²) in [6, 6.07) is 0.677. The van der Waals surface area contributed by atoms with Crippen molar-refractivity contribution in [3.05, 3.63) is 0 Å². The number of hydrogen-bond acceptors (Lipinski definition) is 3. The highest BCUT2D eigenvalue weighted by Gasteiger charge is 2.13. The number of likely N-dealkylation sites (N-methyl/N-ethyl adjacent to an activating group) is 1. The molecule has 0 spiro atoms. The van der Waals surface area contributed by atoms with Crippen molar-refractivity contribution in [3.63, 3.8) is 0 Å². The lowest BCUT2D eigenvalue weighted by molar-refractivity contribution is 0.153. The third kappa shape index (κ3) is 7.34. The van der Waals surface area contributed by atoms with Gasteiger partial charge in [-0.1, -0.05) is 26.7 Å². The highest BCUT2D eigenvalue weighted by Crippen LogP contribution is 2.08. The lowest BCUT2D eigenvalue weighted by Gasteiger charge is -2.32. The Kier molecular flexibility index (Phi) is 7.87. The third-order valence-electron chi connectivity index (χ3n) is 3.94. The molecule has 1 N–H and O–H groups in total. The van der Waals surface area contributed by atoms with E-state index in [1.165, 1.54) is 52.0 Å². The van der Waals surface area contributed by atoms with Gasteiger partial charge in [-0.3, -0.25) is 4.90 Å². The molecule has 0 aromatic carbocycles. The van der Waals surface area contributed by atoms with E-state index in [4.69, 9.17) is 0 Å². The maximum Gasteiger partial charge on any atom is 0.0110 e. The molecule has 1 aliphatic rings. The van der Waals surface area contributed by atoms with E-state index in [-0.39, 0.29) is 0 Å². The van der Waals surface area contributed by atoms with Crippen LogP contribution in [0.15, 0.2) is 0 Å². The summed E-state index contributed by atoms with van der Waals surface area (Å²) in [6.07, 6.45) is 4.05. The molecule has 0 aromatic rings. The molecule has 0 aromatic heterocycles. The van der Waals surface area contributed by atoms with Crippen LogP contribution in [0.5, 0.6) is 0 Å². The monoisotopic (exact) mass is 255 g/mol. The van der Waals surface area contributed by atoms with Crippen LogP contribution < -0.4 is 5.32 Å². The van der Waals surface area contributed by atoms with E-state index in [2.05, 4.69) is 42.9 Å². The van der Waals surface area contributed by atoms with E-state index < -0.39 is 0 Å². The van der Waals surface area contributed by atoms with Crippen LogP contribution in [0.25, 0.3) is 0 Å². The van der Waals surface area contributed by atoms with Gasteiger partial charge in [-0.2, -0.15) is 0 Å². The fourth-order valence-electron chi connectivity index (χ4n) is 2.47. The van der Waals surface area contributed by atoms with Gasteiger partial charge in [0.1, 0.15) is 0 Å². The maximum absolute atomic E-state index is 3.66. The number of nitrogens with zero attached hydrogens (tertiary/aromatic N) is 2. The minimum atomic E-state index is 0.677. The largest absolute Gasteiger partial charge is 0.313 e. The second-order valence-corrected chi connectivity index (χ2v) is 6.32. The number of nitrogens with one attached hydrogen (secondary N) is 1. The van der Waals surface area contributed by atoms with Gasteiger partial charge in [-0.15, -0.1) is 0 Å². The van der Waals surface area contributed by atoms with Gasteiger partial charge in [0.25, 0.3) is 0 Å². The molecule has 3 heteroatoms. The summed E-state index contributed by atoms with van der Waals surface area (Å²) >= 11 is 0. The van der Waals surface area contributed by atoms with E-state index in [0.29, 0.717) is 6.04 Å². The summed E-state index contributed by atoms with van der Waals surface area (Å²) in [4.78, 5) is 4.99. The van der Waals surface area contributed by atoms with Crippen LogP contribution in [0.4, 0.5) is 0 Å². The highest BCUT2D eigenvalue weighted by atomic mass is 15.2. The minimum absolute atomic E-state index is 0.677. The van der Waals surface area contributed by atoms with Crippen LogP contribution in [0.3, 0.4) is 0 Å². The second kappa shape index (κ2) is 8.89. The second-order valence-electron chi connectivity index (χ2n) is 6.32. The van der Waals surface area contributed by atoms with E-state index in [1.54, 1.807) is 0 Å². The number of rotatable bonds is 8. The first-order valence-corrected chi connectivity index (χ1v) is 7.72. The summed E-state index contributed by atoms with van der Waals surface area (Å²) in [5.41, 5.74) is 0. The van der Waals surface area contributed by atoms with Gasteiger partial charge in [-0.05, 0) is 26.3 Å². The first kappa shape index (κ1) is 15.9. The Morgan fingerprint density at radius 3 is 2.28 bits per heavy atom. The zero-order valence-corrected chi connectivity index (χ0v) is 12.9.